The van der Waals surface area contributed by atoms with Crippen LogP contribution in [0.5, 0.6) is 0 Å². The summed E-state index contributed by atoms with van der Waals surface area (Å²) >= 11 is 3.71. The number of fused-ring (bicyclic) bond motifs is 1. The molecule has 1 aromatic carbocycles. The van der Waals surface area contributed by atoms with Gasteiger partial charge in [0.05, 0.1) is 17.9 Å². The summed E-state index contributed by atoms with van der Waals surface area (Å²) in [5.74, 6) is 0.640. The number of anilines is 1. The number of nitrogens with one attached hydrogen (secondary N) is 1. The normalized spacial score (nSPS) is 17.4. The molecule has 1 N–H and O–H groups in total. The Balaban J connectivity index is 1.82. The minimum absolute atomic E-state index is 0.202. The molecule has 1 aliphatic rings. The molecule has 0 spiro atoms. The van der Waals surface area contributed by atoms with Crippen LogP contribution in [0.2, 0.25) is 0 Å². The van der Waals surface area contributed by atoms with E-state index in [1.54, 1.807) is 0 Å². The zero-order valence-electron chi connectivity index (χ0n) is 12.7. The van der Waals surface area contributed by atoms with Crippen LogP contribution in [-0.4, -0.2) is 9.19 Å². The lowest BCUT2D eigenvalue weighted by Crippen LogP contribution is -2.13. The van der Waals surface area contributed by atoms with Crippen LogP contribution in [0.3, 0.4) is 0 Å². The number of benzene rings is 1. The lowest BCUT2D eigenvalue weighted by atomic mass is 9.88. The van der Waals surface area contributed by atoms with Gasteiger partial charge in [0, 0.05) is 10.2 Å². The molecule has 0 saturated carbocycles. The van der Waals surface area contributed by atoms with Gasteiger partial charge in [0.1, 0.15) is 0 Å². The van der Waals surface area contributed by atoms with Crippen LogP contribution < -0.4 is 5.32 Å². The summed E-state index contributed by atoms with van der Waals surface area (Å²) in [6.45, 7) is 4.93. The molecule has 0 fully saturated rings. The van der Waals surface area contributed by atoms with E-state index in [-0.39, 0.29) is 12.3 Å². The highest BCUT2D eigenvalue weighted by molar-refractivity contribution is 9.10. The molecular weight excluding hydrogens is 365 g/mol. The van der Waals surface area contributed by atoms with E-state index in [9.17, 15) is 3.89 Å². The van der Waals surface area contributed by atoms with Crippen LogP contribution in [0.4, 0.5) is 9.57 Å². The van der Waals surface area contributed by atoms with E-state index in [4.69, 9.17) is 0 Å². The van der Waals surface area contributed by atoms with Crippen molar-refractivity contribution in [1.82, 2.24) is 9.19 Å². The van der Waals surface area contributed by atoms with Gasteiger partial charge in [0.25, 0.3) is 0 Å². The molecule has 0 radical (unpaired) electrons. The van der Waals surface area contributed by atoms with Crippen LogP contribution in [0.25, 0.3) is 0 Å². The predicted molar refractivity (Wildman–Crippen MR) is 93.7 cm³/mol. The molecular formula is C16H19BrFN3S. The standard InChI is InChI=1S/C16H19BrFN3S/c1-10-3-4-16-14(7-10)15(20-21(16)22-18)9-19-13-6-11(2)5-12(17)8-13/h5-6,8,10,19H,3-4,7,9H2,1-2H3/t10-/m0/s1. The molecule has 1 heterocycles. The number of rotatable bonds is 4. The Morgan fingerprint density at radius 3 is 3.00 bits per heavy atom. The third kappa shape index (κ3) is 3.33. The maximum atomic E-state index is 13.1. The fraction of sp³-hybridized carbons (Fsp3) is 0.438. The molecule has 118 valence electrons. The molecule has 22 heavy (non-hydrogen) atoms. The number of halogens is 2. The van der Waals surface area contributed by atoms with Crippen LogP contribution >= 0.6 is 28.3 Å². The van der Waals surface area contributed by atoms with Crippen molar-refractivity contribution in [3.63, 3.8) is 0 Å². The van der Waals surface area contributed by atoms with Crippen molar-refractivity contribution in [2.45, 2.75) is 39.7 Å². The largest absolute Gasteiger partial charge is 0.379 e. The van der Waals surface area contributed by atoms with E-state index in [0.717, 1.165) is 40.8 Å². The summed E-state index contributed by atoms with van der Waals surface area (Å²) < 4.78 is 15.6. The maximum absolute atomic E-state index is 13.1. The Hall–Kier alpha value is -1.01. The van der Waals surface area contributed by atoms with Crippen molar-refractivity contribution < 1.29 is 3.89 Å². The summed E-state index contributed by atoms with van der Waals surface area (Å²) in [6, 6.07) is 6.22. The molecule has 0 unspecified atom stereocenters. The predicted octanol–water partition coefficient (Wildman–Crippen LogP) is 5.07. The van der Waals surface area contributed by atoms with Gasteiger partial charge in [0.15, 0.2) is 12.3 Å². The highest BCUT2D eigenvalue weighted by atomic mass is 79.9. The smallest absolute Gasteiger partial charge is 0.187 e. The molecule has 0 bridgehead atoms. The van der Waals surface area contributed by atoms with Crippen molar-refractivity contribution in [3.05, 3.63) is 45.2 Å². The minimum atomic E-state index is 0.202. The van der Waals surface area contributed by atoms with Crippen LogP contribution in [0.1, 0.15) is 35.9 Å². The van der Waals surface area contributed by atoms with Crippen molar-refractivity contribution in [2.24, 2.45) is 5.92 Å². The fourth-order valence-corrected chi connectivity index (χ4v) is 4.07. The molecule has 0 aliphatic heterocycles. The third-order valence-corrected chi connectivity index (χ3v) is 5.02. The lowest BCUT2D eigenvalue weighted by molar-refractivity contribution is 0.494. The van der Waals surface area contributed by atoms with Gasteiger partial charge in [-0.1, -0.05) is 22.9 Å². The van der Waals surface area contributed by atoms with Gasteiger partial charge in [-0.3, -0.25) is 0 Å². The minimum Gasteiger partial charge on any atom is -0.379 e. The van der Waals surface area contributed by atoms with Gasteiger partial charge in [-0.25, -0.2) is 0 Å². The number of aromatic nitrogens is 2. The van der Waals surface area contributed by atoms with E-state index in [1.165, 1.54) is 15.2 Å². The Morgan fingerprint density at radius 2 is 2.27 bits per heavy atom. The number of hydrogen-bond acceptors (Lipinski definition) is 3. The maximum Gasteiger partial charge on any atom is 0.187 e. The van der Waals surface area contributed by atoms with Crippen molar-refractivity contribution in [3.8, 4) is 0 Å². The topological polar surface area (TPSA) is 29.9 Å². The van der Waals surface area contributed by atoms with E-state index >= 15 is 0 Å². The average Bonchev–Trinajstić information content (AvgIpc) is 2.81. The molecule has 0 amide bonds. The zero-order chi connectivity index (χ0) is 15.7. The van der Waals surface area contributed by atoms with Gasteiger partial charge in [-0.2, -0.15) is 9.19 Å². The van der Waals surface area contributed by atoms with E-state index < -0.39 is 0 Å². The Morgan fingerprint density at radius 1 is 1.45 bits per heavy atom. The van der Waals surface area contributed by atoms with Crippen molar-refractivity contribution >= 4 is 34.0 Å². The quantitative estimate of drug-likeness (QED) is 0.798. The molecule has 1 aliphatic carbocycles. The summed E-state index contributed by atoms with van der Waals surface area (Å²) in [7, 11) is 0. The second-order valence-corrected chi connectivity index (χ2v) is 7.43. The highest BCUT2D eigenvalue weighted by Gasteiger charge is 2.24. The Labute approximate surface area is 143 Å². The first kappa shape index (κ1) is 15.9. The van der Waals surface area contributed by atoms with Gasteiger partial charge < -0.3 is 5.32 Å². The lowest BCUT2D eigenvalue weighted by Gasteiger charge is -2.19. The molecule has 1 atom stereocenters. The molecule has 3 nitrogen and oxygen atoms in total. The first-order valence-corrected chi connectivity index (χ1v) is 8.93. The molecule has 6 heteroatoms. The molecule has 1 aromatic heterocycles. The first-order chi connectivity index (χ1) is 10.6. The Bertz CT molecular complexity index is 666. The van der Waals surface area contributed by atoms with Crippen LogP contribution in [-0.2, 0) is 19.4 Å². The number of nitrogens with zero attached hydrogens (tertiary/aromatic N) is 2. The van der Waals surface area contributed by atoms with Gasteiger partial charge in [-0.05, 0) is 61.4 Å². The zero-order valence-corrected chi connectivity index (χ0v) is 15.1. The van der Waals surface area contributed by atoms with Crippen molar-refractivity contribution in [2.75, 3.05) is 5.32 Å². The highest BCUT2D eigenvalue weighted by Crippen LogP contribution is 2.31. The summed E-state index contributed by atoms with van der Waals surface area (Å²) in [4.78, 5) is 0. The van der Waals surface area contributed by atoms with E-state index in [1.807, 2.05) is 6.07 Å². The van der Waals surface area contributed by atoms with Crippen LogP contribution in [0.15, 0.2) is 22.7 Å². The first-order valence-electron chi connectivity index (χ1n) is 7.46. The fourth-order valence-electron chi connectivity index (χ4n) is 3.05. The summed E-state index contributed by atoms with van der Waals surface area (Å²) in [5, 5.41) is 7.84. The second kappa shape index (κ2) is 6.62. The van der Waals surface area contributed by atoms with Crippen molar-refractivity contribution in [1.29, 1.82) is 0 Å². The summed E-state index contributed by atoms with van der Waals surface area (Å²) in [6.07, 6.45) is 3.01. The van der Waals surface area contributed by atoms with E-state index in [2.05, 4.69) is 52.3 Å². The van der Waals surface area contributed by atoms with Gasteiger partial charge in [0.2, 0.25) is 0 Å². The number of hydrogen-bond donors (Lipinski definition) is 1. The van der Waals surface area contributed by atoms with Gasteiger partial charge >= 0.3 is 0 Å². The van der Waals surface area contributed by atoms with Crippen LogP contribution in [0, 0.1) is 12.8 Å². The molecule has 2 aromatic rings. The Kier molecular flexibility index (Phi) is 4.78. The third-order valence-electron chi connectivity index (χ3n) is 4.13. The summed E-state index contributed by atoms with van der Waals surface area (Å²) in [5.41, 5.74) is 5.48. The van der Waals surface area contributed by atoms with E-state index in [0.29, 0.717) is 12.5 Å². The number of aryl methyl sites for hydroxylation is 1. The second-order valence-electron chi connectivity index (χ2n) is 6.03. The average molecular weight is 384 g/mol. The monoisotopic (exact) mass is 383 g/mol. The van der Waals surface area contributed by atoms with Gasteiger partial charge in [-0.15, -0.1) is 3.89 Å². The molecule has 3 rings (SSSR count). The molecule has 0 saturated heterocycles. The SMILES string of the molecule is Cc1cc(Br)cc(NCc2nn(SF)c3c2C[C@@H](C)CC3)c1.